The molecule has 4 nitrogen and oxygen atoms in total. The Balaban J connectivity index is 2.05. The molecule has 0 radical (unpaired) electrons. The quantitative estimate of drug-likeness (QED) is 0.884. The predicted molar refractivity (Wildman–Crippen MR) is 76.6 cm³/mol. The summed E-state index contributed by atoms with van der Waals surface area (Å²) in [5.41, 5.74) is 1.75. The SMILES string of the molecule is CC(C)(CO)NCc1cnn(-c2ccc(Cl)cc2)c1. The Labute approximate surface area is 118 Å². The molecule has 19 heavy (non-hydrogen) atoms. The van der Waals surface area contributed by atoms with Crippen molar-refractivity contribution in [1.82, 2.24) is 15.1 Å². The Kier molecular flexibility index (Phi) is 4.24. The molecule has 0 amide bonds. The molecule has 0 aliphatic rings. The van der Waals surface area contributed by atoms with Gasteiger partial charge in [-0.25, -0.2) is 4.68 Å². The zero-order valence-electron chi connectivity index (χ0n) is 11.1. The van der Waals surface area contributed by atoms with Gasteiger partial charge in [0.25, 0.3) is 0 Å². The van der Waals surface area contributed by atoms with Crippen LogP contribution >= 0.6 is 11.6 Å². The van der Waals surface area contributed by atoms with Gasteiger partial charge in [-0.3, -0.25) is 0 Å². The summed E-state index contributed by atoms with van der Waals surface area (Å²) in [5.74, 6) is 0. The van der Waals surface area contributed by atoms with Gasteiger partial charge in [-0.2, -0.15) is 5.10 Å². The molecule has 0 saturated carbocycles. The van der Waals surface area contributed by atoms with Crippen LogP contribution in [0.4, 0.5) is 0 Å². The van der Waals surface area contributed by atoms with Crippen LogP contribution in [0.3, 0.4) is 0 Å². The minimum atomic E-state index is -0.289. The highest BCUT2D eigenvalue weighted by atomic mass is 35.5. The van der Waals surface area contributed by atoms with E-state index in [1.165, 1.54) is 0 Å². The molecule has 0 aliphatic carbocycles. The summed E-state index contributed by atoms with van der Waals surface area (Å²) in [7, 11) is 0. The first-order chi connectivity index (χ1) is 9.00. The molecule has 2 rings (SSSR count). The zero-order chi connectivity index (χ0) is 13.9. The summed E-state index contributed by atoms with van der Waals surface area (Å²) < 4.78 is 1.80. The molecule has 0 saturated heterocycles. The Hall–Kier alpha value is -1.36. The summed E-state index contributed by atoms with van der Waals surface area (Å²) in [6.45, 7) is 4.67. The molecule has 1 heterocycles. The molecule has 1 aromatic heterocycles. The van der Waals surface area contributed by atoms with E-state index < -0.39 is 0 Å². The number of aromatic nitrogens is 2. The third-order valence-electron chi connectivity index (χ3n) is 2.89. The van der Waals surface area contributed by atoms with Crippen LogP contribution in [0.5, 0.6) is 0 Å². The number of nitrogens with zero attached hydrogens (tertiary/aromatic N) is 2. The van der Waals surface area contributed by atoms with Crippen LogP contribution in [0.1, 0.15) is 19.4 Å². The topological polar surface area (TPSA) is 50.1 Å². The minimum absolute atomic E-state index is 0.0956. The van der Waals surface area contributed by atoms with Crippen molar-refractivity contribution in [2.75, 3.05) is 6.61 Å². The Bertz CT molecular complexity index is 534. The number of benzene rings is 1. The maximum Gasteiger partial charge on any atom is 0.0646 e. The third-order valence-corrected chi connectivity index (χ3v) is 3.15. The minimum Gasteiger partial charge on any atom is -0.394 e. The zero-order valence-corrected chi connectivity index (χ0v) is 11.9. The lowest BCUT2D eigenvalue weighted by atomic mass is 10.1. The van der Waals surface area contributed by atoms with E-state index in [0.717, 1.165) is 11.3 Å². The molecule has 0 atom stereocenters. The molecular formula is C14H18ClN3O. The molecular weight excluding hydrogens is 262 g/mol. The largest absolute Gasteiger partial charge is 0.394 e. The molecule has 102 valence electrons. The highest BCUT2D eigenvalue weighted by Gasteiger charge is 2.15. The lowest BCUT2D eigenvalue weighted by molar-refractivity contribution is 0.187. The van der Waals surface area contributed by atoms with Crippen molar-refractivity contribution in [2.45, 2.75) is 25.9 Å². The Morgan fingerprint density at radius 3 is 2.63 bits per heavy atom. The maximum atomic E-state index is 9.19. The smallest absolute Gasteiger partial charge is 0.0646 e. The van der Waals surface area contributed by atoms with Gasteiger partial charge in [0.2, 0.25) is 0 Å². The van der Waals surface area contributed by atoms with Gasteiger partial charge in [0.05, 0.1) is 18.5 Å². The maximum absolute atomic E-state index is 9.19. The van der Waals surface area contributed by atoms with Crippen molar-refractivity contribution >= 4 is 11.6 Å². The van der Waals surface area contributed by atoms with Crippen LogP contribution in [0, 0.1) is 0 Å². The van der Waals surface area contributed by atoms with Gasteiger partial charge in [-0.05, 0) is 38.1 Å². The summed E-state index contributed by atoms with van der Waals surface area (Å²) in [6, 6.07) is 7.52. The van der Waals surface area contributed by atoms with Gasteiger partial charge in [-0.1, -0.05) is 11.6 Å². The lowest BCUT2D eigenvalue weighted by Crippen LogP contribution is -2.41. The average molecular weight is 280 g/mol. The van der Waals surface area contributed by atoms with Gasteiger partial charge in [0, 0.05) is 28.9 Å². The van der Waals surface area contributed by atoms with E-state index in [1.54, 1.807) is 4.68 Å². The second-order valence-electron chi connectivity index (χ2n) is 5.17. The summed E-state index contributed by atoms with van der Waals surface area (Å²) in [6.07, 6.45) is 3.78. The van der Waals surface area contributed by atoms with Crippen molar-refractivity contribution in [2.24, 2.45) is 0 Å². The van der Waals surface area contributed by atoms with Crippen LogP contribution in [-0.4, -0.2) is 27.0 Å². The van der Waals surface area contributed by atoms with Crippen molar-refractivity contribution in [3.63, 3.8) is 0 Å². The van der Waals surface area contributed by atoms with Gasteiger partial charge >= 0.3 is 0 Å². The second-order valence-corrected chi connectivity index (χ2v) is 5.60. The van der Waals surface area contributed by atoms with Crippen LogP contribution in [0.25, 0.3) is 5.69 Å². The molecule has 0 bridgehead atoms. The van der Waals surface area contributed by atoms with Crippen molar-refractivity contribution in [1.29, 1.82) is 0 Å². The van der Waals surface area contributed by atoms with Gasteiger partial charge < -0.3 is 10.4 Å². The summed E-state index contributed by atoms with van der Waals surface area (Å²) >= 11 is 5.86. The number of rotatable bonds is 5. The molecule has 2 N–H and O–H groups in total. The van der Waals surface area contributed by atoms with Crippen LogP contribution in [-0.2, 0) is 6.54 Å². The molecule has 0 fully saturated rings. The van der Waals surface area contributed by atoms with Crippen molar-refractivity contribution in [3.05, 3.63) is 47.2 Å². The number of aliphatic hydroxyl groups is 1. The first-order valence-electron chi connectivity index (χ1n) is 6.15. The number of nitrogens with one attached hydrogen (secondary N) is 1. The van der Waals surface area contributed by atoms with Gasteiger partial charge in [0.1, 0.15) is 0 Å². The van der Waals surface area contributed by atoms with Gasteiger partial charge in [-0.15, -0.1) is 0 Å². The molecule has 2 aromatic rings. The van der Waals surface area contributed by atoms with Crippen LogP contribution in [0.2, 0.25) is 5.02 Å². The fraction of sp³-hybridized carbons (Fsp3) is 0.357. The first-order valence-corrected chi connectivity index (χ1v) is 6.53. The van der Waals surface area contributed by atoms with E-state index in [9.17, 15) is 5.11 Å². The summed E-state index contributed by atoms with van der Waals surface area (Å²) in [4.78, 5) is 0. The molecule has 0 unspecified atom stereocenters. The normalized spacial score (nSPS) is 11.8. The van der Waals surface area contributed by atoms with E-state index in [0.29, 0.717) is 11.6 Å². The Morgan fingerprint density at radius 2 is 2.00 bits per heavy atom. The van der Waals surface area contributed by atoms with Crippen LogP contribution < -0.4 is 5.32 Å². The first kappa shape index (κ1) is 14.1. The van der Waals surface area contributed by atoms with Gasteiger partial charge in [0.15, 0.2) is 0 Å². The summed E-state index contributed by atoms with van der Waals surface area (Å²) in [5, 5.41) is 17.5. The van der Waals surface area contributed by atoms with E-state index in [1.807, 2.05) is 50.5 Å². The molecule has 0 spiro atoms. The standard InChI is InChI=1S/C14H18ClN3O/c1-14(2,10-19)16-7-11-8-17-18(9-11)13-5-3-12(15)4-6-13/h3-6,8-9,16,19H,7,10H2,1-2H3. The van der Waals surface area contributed by atoms with E-state index in [2.05, 4.69) is 10.4 Å². The lowest BCUT2D eigenvalue weighted by Gasteiger charge is -2.22. The average Bonchev–Trinajstić information content (AvgIpc) is 2.86. The second kappa shape index (κ2) is 5.74. The molecule has 1 aromatic carbocycles. The van der Waals surface area contributed by atoms with Crippen molar-refractivity contribution < 1.29 is 5.11 Å². The number of aliphatic hydroxyl groups excluding tert-OH is 1. The van der Waals surface area contributed by atoms with E-state index in [4.69, 9.17) is 11.6 Å². The number of halogens is 1. The molecule has 0 aliphatic heterocycles. The number of hydrogen-bond donors (Lipinski definition) is 2. The van der Waals surface area contributed by atoms with E-state index >= 15 is 0 Å². The highest BCUT2D eigenvalue weighted by Crippen LogP contribution is 2.13. The third kappa shape index (κ3) is 3.80. The van der Waals surface area contributed by atoms with Crippen molar-refractivity contribution in [3.8, 4) is 5.69 Å². The Morgan fingerprint density at radius 1 is 1.32 bits per heavy atom. The van der Waals surface area contributed by atoms with Crippen LogP contribution in [0.15, 0.2) is 36.7 Å². The highest BCUT2D eigenvalue weighted by molar-refractivity contribution is 6.30. The predicted octanol–water partition coefficient (Wildman–Crippen LogP) is 2.39. The number of hydrogen-bond acceptors (Lipinski definition) is 3. The fourth-order valence-electron chi connectivity index (χ4n) is 1.58. The molecule has 5 heteroatoms. The monoisotopic (exact) mass is 279 g/mol. The fourth-order valence-corrected chi connectivity index (χ4v) is 1.71. The van der Waals surface area contributed by atoms with E-state index in [-0.39, 0.29) is 12.1 Å².